The topological polar surface area (TPSA) is 39.2 Å². The van der Waals surface area contributed by atoms with E-state index in [0.717, 1.165) is 5.76 Å². The van der Waals surface area contributed by atoms with Crippen molar-refractivity contribution in [3.63, 3.8) is 0 Å². The molecule has 2 N–H and O–H groups in total. The van der Waals surface area contributed by atoms with Gasteiger partial charge in [0.05, 0.1) is 12.3 Å². The van der Waals surface area contributed by atoms with Gasteiger partial charge in [0.1, 0.15) is 5.76 Å². The summed E-state index contributed by atoms with van der Waals surface area (Å²) in [7, 11) is 0. The number of furan rings is 1. The van der Waals surface area contributed by atoms with Gasteiger partial charge in [0, 0.05) is 0 Å². The summed E-state index contributed by atoms with van der Waals surface area (Å²) in [6, 6.07) is 2.20. The molecule has 0 radical (unpaired) electrons. The van der Waals surface area contributed by atoms with Gasteiger partial charge in [-0.05, 0) is 35.8 Å². The van der Waals surface area contributed by atoms with E-state index in [1.54, 1.807) is 0 Å². The van der Waals surface area contributed by atoms with E-state index in [-0.39, 0.29) is 11.5 Å². The molecule has 0 spiro atoms. The summed E-state index contributed by atoms with van der Waals surface area (Å²) in [6.45, 7) is 6.65. The maximum absolute atomic E-state index is 6.35. The molecule has 1 aliphatic carbocycles. The zero-order valence-electron chi connectivity index (χ0n) is 10.6. The van der Waals surface area contributed by atoms with Crippen molar-refractivity contribution >= 4 is 0 Å². The zero-order valence-corrected chi connectivity index (χ0v) is 10.6. The van der Waals surface area contributed by atoms with Gasteiger partial charge in [0.25, 0.3) is 0 Å². The SMILES string of the molecule is CC(C)c1coc([C@H](N)C2(C)CCCC2)c1. The van der Waals surface area contributed by atoms with Gasteiger partial charge in [-0.1, -0.05) is 33.6 Å². The van der Waals surface area contributed by atoms with Crippen molar-refractivity contribution < 1.29 is 4.42 Å². The van der Waals surface area contributed by atoms with Gasteiger partial charge in [-0.15, -0.1) is 0 Å². The molecule has 1 heterocycles. The molecular weight excluding hydrogens is 198 g/mol. The van der Waals surface area contributed by atoms with Crippen LogP contribution in [0.3, 0.4) is 0 Å². The van der Waals surface area contributed by atoms with Crippen LogP contribution in [0.5, 0.6) is 0 Å². The number of hydrogen-bond acceptors (Lipinski definition) is 2. The summed E-state index contributed by atoms with van der Waals surface area (Å²) in [6.07, 6.45) is 6.93. The molecule has 90 valence electrons. The molecule has 0 unspecified atom stereocenters. The lowest BCUT2D eigenvalue weighted by Gasteiger charge is -2.29. The highest BCUT2D eigenvalue weighted by Crippen LogP contribution is 2.46. The van der Waals surface area contributed by atoms with Crippen molar-refractivity contribution in [2.24, 2.45) is 11.1 Å². The number of nitrogens with two attached hydrogens (primary N) is 1. The van der Waals surface area contributed by atoms with E-state index in [1.807, 2.05) is 6.26 Å². The Bertz CT molecular complexity index is 347. The molecule has 2 nitrogen and oxygen atoms in total. The summed E-state index contributed by atoms with van der Waals surface area (Å²) in [5.74, 6) is 1.48. The van der Waals surface area contributed by atoms with E-state index in [2.05, 4.69) is 26.8 Å². The summed E-state index contributed by atoms with van der Waals surface area (Å²) >= 11 is 0. The molecule has 1 fully saturated rings. The average Bonchev–Trinajstić information content (AvgIpc) is 2.85. The molecule has 16 heavy (non-hydrogen) atoms. The average molecular weight is 221 g/mol. The first kappa shape index (κ1) is 11.7. The van der Waals surface area contributed by atoms with E-state index in [1.165, 1.54) is 31.2 Å². The minimum atomic E-state index is 0.0579. The van der Waals surface area contributed by atoms with Gasteiger partial charge in [0.2, 0.25) is 0 Å². The lowest BCUT2D eigenvalue weighted by molar-refractivity contribution is 0.236. The van der Waals surface area contributed by atoms with Gasteiger partial charge in [-0.3, -0.25) is 0 Å². The number of hydrogen-bond donors (Lipinski definition) is 1. The fourth-order valence-corrected chi connectivity index (χ4v) is 2.67. The third-order valence-electron chi connectivity index (χ3n) is 4.11. The number of rotatable bonds is 3. The van der Waals surface area contributed by atoms with Gasteiger partial charge in [-0.2, -0.15) is 0 Å². The van der Waals surface area contributed by atoms with Crippen LogP contribution in [0.15, 0.2) is 16.7 Å². The van der Waals surface area contributed by atoms with Crippen LogP contribution in [0, 0.1) is 5.41 Å². The van der Waals surface area contributed by atoms with Crippen LogP contribution in [0.1, 0.15) is 69.7 Å². The molecule has 1 saturated carbocycles. The Labute approximate surface area is 98.2 Å². The molecule has 0 aliphatic heterocycles. The van der Waals surface area contributed by atoms with Gasteiger partial charge >= 0.3 is 0 Å². The van der Waals surface area contributed by atoms with Crippen LogP contribution in [0.2, 0.25) is 0 Å². The molecule has 1 aliphatic rings. The highest BCUT2D eigenvalue weighted by atomic mass is 16.3. The predicted molar refractivity (Wildman–Crippen MR) is 66.3 cm³/mol. The predicted octanol–water partition coefficient (Wildman–Crippen LogP) is 3.98. The third-order valence-corrected chi connectivity index (χ3v) is 4.11. The van der Waals surface area contributed by atoms with Crippen LogP contribution in [0.4, 0.5) is 0 Å². The van der Waals surface area contributed by atoms with Crippen molar-refractivity contribution in [2.75, 3.05) is 0 Å². The van der Waals surface area contributed by atoms with Crippen molar-refractivity contribution in [2.45, 2.75) is 58.4 Å². The monoisotopic (exact) mass is 221 g/mol. The maximum atomic E-state index is 6.35. The van der Waals surface area contributed by atoms with Crippen molar-refractivity contribution in [3.05, 3.63) is 23.7 Å². The van der Waals surface area contributed by atoms with E-state index in [0.29, 0.717) is 5.92 Å². The first-order chi connectivity index (χ1) is 7.53. The van der Waals surface area contributed by atoms with E-state index >= 15 is 0 Å². The first-order valence-corrected chi connectivity index (χ1v) is 6.37. The van der Waals surface area contributed by atoms with E-state index < -0.39 is 0 Å². The Morgan fingerprint density at radius 3 is 2.44 bits per heavy atom. The minimum Gasteiger partial charge on any atom is -0.467 e. The fourth-order valence-electron chi connectivity index (χ4n) is 2.67. The Hall–Kier alpha value is -0.760. The summed E-state index contributed by atoms with van der Waals surface area (Å²) in [4.78, 5) is 0. The molecule has 0 saturated heterocycles. The highest BCUT2D eigenvalue weighted by molar-refractivity contribution is 5.20. The molecule has 1 aromatic heterocycles. The van der Waals surface area contributed by atoms with Crippen molar-refractivity contribution in [3.8, 4) is 0 Å². The largest absolute Gasteiger partial charge is 0.467 e. The molecule has 2 rings (SSSR count). The molecule has 2 heteroatoms. The van der Waals surface area contributed by atoms with Crippen LogP contribution in [0.25, 0.3) is 0 Å². The maximum Gasteiger partial charge on any atom is 0.121 e. The lowest BCUT2D eigenvalue weighted by Crippen LogP contribution is -2.28. The Kier molecular flexibility index (Phi) is 3.11. The second-order valence-electron chi connectivity index (χ2n) is 5.78. The smallest absolute Gasteiger partial charge is 0.121 e. The highest BCUT2D eigenvalue weighted by Gasteiger charge is 2.37. The van der Waals surface area contributed by atoms with Crippen LogP contribution >= 0.6 is 0 Å². The molecule has 0 bridgehead atoms. The summed E-state index contributed by atoms with van der Waals surface area (Å²) in [5, 5.41) is 0. The molecular formula is C14H23NO. The van der Waals surface area contributed by atoms with Gasteiger partial charge in [0.15, 0.2) is 0 Å². The lowest BCUT2D eigenvalue weighted by atomic mass is 9.80. The molecule has 0 amide bonds. The molecule has 1 atom stereocenters. The van der Waals surface area contributed by atoms with E-state index in [9.17, 15) is 0 Å². The van der Waals surface area contributed by atoms with Crippen LogP contribution in [-0.2, 0) is 0 Å². The third kappa shape index (κ3) is 2.03. The van der Waals surface area contributed by atoms with Crippen LogP contribution in [-0.4, -0.2) is 0 Å². The Balaban J connectivity index is 2.16. The summed E-state index contributed by atoms with van der Waals surface area (Å²) in [5.41, 5.74) is 7.85. The quantitative estimate of drug-likeness (QED) is 0.838. The van der Waals surface area contributed by atoms with E-state index in [4.69, 9.17) is 10.2 Å². The van der Waals surface area contributed by atoms with Crippen molar-refractivity contribution in [1.82, 2.24) is 0 Å². The van der Waals surface area contributed by atoms with Gasteiger partial charge < -0.3 is 10.2 Å². The van der Waals surface area contributed by atoms with Crippen molar-refractivity contribution in [1.29, 1.82) is 0 Å². The molecule has 0 aromatic carbocycles. The fraction of sp³-hybridized carbons (Fsp3) is 0.714. The first-order valence-electron chi connectivity index (χ1n) is 6.37. The molecule has 1 aromatic rings. The zero-order chi connectivity index (χ0) is 11.8. The second kappa shape index (κ2) is 4.25. The summed E-state index contributed by atoms with van der Waals surface area (Å²) < 4.78 is 5.64. The van der Waals surface area contributed by atoms with Gasteiger partial charge in [-0.25, -0.2) is 0 Å². The van der Waals surface area contributed by atoms with Crippen LogP contribution < -0.4 is 5.73 Å². The standard InChI is InChI=1S/C14H23NO/c1-10(2)11-8-12(16-9-11)13(15)14(3)6-4-5-7-14/h8-10,13H,4-7,15H2,1-3H3/t13-/m0/s1. The second-order valence-corrected chi connectivity index (χ2v) is 5.78. The Morgan fingerprint density at radius 1 is 1.31 bits per heavy atom. The minimum absolute atomic E-state index is 0.0579. The Morgan fingerprint density at radius 2 is 1.94 bits per heavy atom. The normalized spacial score (nSPS) is 21.6.